The van der Waals surface area contributed by atoms with Crippen LogP contribution in [0.25, 0.3) is 0 Å². The number of benzene rings is 1. The third-order valence-electron chi connectivity index (χ3n) is 3.19. The minimum absolute atomic E-state index is 0.204. The van der Waals surface area contributed by atoms with Crippen LogP contribution < -0.4 is 5.32 Å². The van der Waals surface area contributed by atoms with Crippen molar-refractivity contribution in [3.8, 4) is 0 Å². The molecular formula is C16H18F3N3O2. The highest BCUT2D eigenvalue weighted by Crippen LogP contribution is 2.16. The number of hydrogen-bond acceptors (Lipinski definition) is 3. The monoisotopic (exact) mass is 341 g/mol. The van der Waals surface area contributed by atoms with Crippen molar-refractivity contribution in [3.63, 3.8) is 0 Å². The Balaban J connectivity index is 1.88. The molecule has 2 aromatic rings. The first-order valence-electron chi connectivity index (χ1n) is 7.40. The summed E-state index contributed by atoms with van der Waals surface area (Å²) < 4.78 is 42.5. The maximum Gasteiger partial charge on any atom is 0.411 e. The molecule has 1 heterocycles. The lowest BCUT2D eigenvalue weighted by Crippen LogP contribution is -2.22. The lowest BCUT2D eigenvalue weighted by atomic mass is 10.1. The molecule has 0 unspecified atom stereocenters. The number of hydrogen-bond donors (Lipinski definition) is 1. The minimum Gasteiger partial charge on any atom is -0.367 e. The zero-order valence-electron chi connectivity index (χ0n) is 13.1. The van der Waals surface area contributed by atoms with Gasteiger partial charge in [-0.25, -0.2) is 0 Å². The number of nitrogens with zero attached hydrogens (tertiary/aromatic N) is 2. The maximum absolute atomic E-state index is 12.1. The first kappa shape index (κ1) is 18.0. The van der Waals surface area contributed by atoms with Crippen molar-refractivity contribution in [2.45, 2.75) is 32.8 Å². The fourth-order valence-electron chi connectivity index (χ4n) is 2.04. The largest absolute Gasteiger partial charge is 0.411 e. The van der Waals surface area contributed by atoms with E-state index in [-0.39, 0.29) is 12.5 Å². The van der Waals surface area contributed by atoms with Crippen LogP contribution in [0.15, 0.2) is 36.7 Å². The molecule has 0 saturated heterocycles. The lowest BCUT2D eigenvalue weighted by molar-refractivity contribution is -0.176. The van der Waals surface area contributed by atoms with Gasteiger partial charge in [-0.3, -0.25) is 9.48 Å². The first-order valence-corrected chi connectivity index (χ1v) is 7.40. The molecule has 8 heteroatoms. The second-order valence-electron chi connectivity index (χ2n) is 5.20. The number of halogens is 3. The molecule has 5 nitrogen and oxygen atoms in total. The molecule has 24 heavy (non-hydrogen) atoms. The quantitative estimate of drug-likeness (QED) is 0.842. The highest BCUT2D eigenvalue weighted by Gasteiger charge is 2.27. The van der Waals surface area contributed by atoms with E-state index < -0.39 is 12.8 Å². The predicted octanol–water partition coefficient (Wildman–Crippen LogP) is 2.91. The fraction of sp³-hybridized carbons (Fsp3) is 0.375. The van der Waals surface area contributed by atoms with E-state index in [4.69, 9.17) is 0 Å². The Kier molecular flexibility index (Phi) is 5.97. The van der Waals surface area contributed by atoms with E-state index >= 15 is 0 Å². The Morgan fingerprint density at radius 2 is 2.12 bits per heavy atom. The van der Waals surface area contributed by atoms with E-state index in [0.717, 1.165) is 12.1 Å². The highest BCUT2D eigenvalue weighted by atomic mass is 19.4. The lowest BCUT2D eigenvalue weighted by Gasteiger charge is -2.09. The van der Waals surface area contributed by atoms with Gasteiger partial charge in [-0.2, -0.15) is 18.3 Å². The van der Waals surface area contributed by atoms with Crippen LogP contribution in [0.5, 0.6) is 0 Å². The van der Waals surface area contributed by atoms with Gasteiger partial charge in [0.25, 0.3) is 5.91 Å². The predicted molar refractivity (Wildman–Crippen MR) is 81.2 cm³/mol. The summed E-state index contributed by atoms with van der Waals surface area (Å²) in [6.45, 7) is 1.51. The maximum atomic E-state index is 12.1. The van der Waals surface area contributed by atoms with Crippen molar-refractivity contribution in [1.82, 2.24) is 15.1 Å². The van der Waals surface area contributed by atoms with Crippen molar-refractivity contribution < 1.29 is 22.7 Å². The highest BCUT2D eigenvalue weighted by molar-refractivity contribution is 5.94. The van der Waals surface area contributed by atoms with E-state index in [9.17, 15) is 18.0 Å². The Morgan fingerprint density at radius 3 is 2.79 bits per heavy atom. The molecule has 1 N–H and O–H groups in total. The van der Waals surface area contributed by atoms with Crippen LogP contribution in [0.2, 0.25) is 0 Å². The Bertz CT molecular complexity index is 683. The summed E-state index contributed by atoms with van der Waals surface area (Å²) in [5.74, 6) is -0.308. The van der Waals surface area contributed by atoms with Crippen LogP contribution in [0.3, 0.4) is 0 Å². The van der Waals surface area contributed by atoms with E-state index in [0.29, 0.717) is 17.7 Å². The van der Waals surface area contributed by atoms with Gasteiger partial charge in [0.05, 0.1) is 12.8 Å². The van der Waals surface area contributed by atoms with Crippen molar-refractivity contribution in [1.29, 1.82) is 0 Å². The number of ether oxygens (including phenoxy) is 1. The molecule has 1 aromatic carbocycles. The normalized spacial score (nSPS) is 11.5. The van der Waals surface area contributed by atoms with Gasteiger partial charge in [0, 0.05) is 30.4 Å². The molecule has 0 aliphatic carbocycles. The van der Waals surface area contributed by atoms with Gasteiger partial charge in [-0.1, -0.05) is 12.1 Å². The fourth-order valence-corrected chi connectivity index (χ4v) is 2.04. The summed E-state index contributed by atoms with van der Waals surface area (Å²) >= 11 is 0. The number of carbonyl (C=O) groups excluding carboxylic acids is 1. The molecule has 2 rings (SSSR count). The number of aryl methyl sites for hydroxylation is 1. The average Bonchev–Trinajstić information content (AvgIpc) is 3.00. The van der Waals surface area contributed by atoms with Crippen LogP contribution in [-0.2, 0) is 24.4 Å². The topological polar surface area (TPSA) is 56.2 Å². The Morgan fingerprint density at radius 1 is 1.33 bits per heavy atom. The number of amides is 1. The van der Waals surface area contributed by atoms with Crippen LogP contribution in [0.4, 0.5) is 13.2 Å². The number of carbonyl (C=O) groups is 1. The molecule has 1 aromatic heterocycles. The van der Waals surface area contributed by atoms with Gasteiger partial charge in [0.2, 0.25) is 0 Å². The van der Waals surface area contributed by atoms with Crippen LogP contribution in [0, 0.1) is 0 Å². The minimum atomic E-state index is -4.36. The van der Waals surface area contributed by atoms with Gasteiger partial charge in [0.15, 0.2) is 0 Å². The van der Waals surface area contributed by atoms with Gasteiger partial charge >= 0.3 is 6.18 Å². The summed E-state index contributed by atoms with van der Waals surface area (Å²) in [7, 11) is 0. The number of alkyl halides is 3. The number of rotatable bonds is 7. The van der Waals surface area contributed by atoms with E-state index in [2.05, 4.69) is 15.2 Å². The molecule has 0 spiro atoms. The molecule has 0 atom stereocenters. The van der Waals surface area contributed by atoms with E-state index in [1.54, 1.807) is 29.1 Å². The summed E-state index contributed by atoms with van der Waals surface area (Å²) in [5, 5.41) is 6.86. The molecular weight excluding hydrogens is 323 g/mol. The molecule has 130 valence electrons. The van der Waals surface area contributed by atoms with E-state index in [1.165, 1.54) is 6.07 Å². The Hall–Kier alpha value is -2.35. The summed E-state index contributed by atoms with van der Waals surface area (Å²) in [6.07, 6.45) is -0.856. The SMILES string of the molecule is CCn1cc(CNC(=O)c2cccc(COCC(F)(F)F)c2)cn1. The molecule has 0 fully saturated rings. The zero-order valence-corrected chi connectivity index (χ0v) is 13.1. The summed E-state index contributed by atoms with van der Waals surface area (Å²) in [5.41, 5.74) is 1.74. The van der Waals surface area contributed by atoms with Crippen molar-refractivity contribution in [2.24, 2.45) is 0 Å². The van der Waals surface area contributed by atoms with Crippen molar-refractivity contribution in [3.05, 3.63) is 53.3 Å². The van der Waals surface area contributed by atoms with Gasteiger partial charge < -0.3 is 10.1 Å². The second-order valence-corrected chi connectivity index (χ2v) is 5.20. The third kappa shape index (κ3) is 5.69. The second kappa shape index (κ2) is 7.96. The van der Waals surface area contributed by atoms with Crippen LogP contribution >= 0.6 is 0 Å². The van der Waals surface area contributed by atoms with Gasteiger partial charge in [-0.15, -0.1) is 0 Å². The summed E-state index contributed by atoms with van der Waals surface area (Å²) in [6, 6.07) is 6.33. The molecule has 0 radical (unpaired) electrons. The summed E-state index contributed by atoms with van der Waals surface area (Å²) in [4.78, 5) is 12.1. The van der Waals surface area contributed by atoms with Crippen LogP contribution in [-0.4, -0.2) is 28.5 Å². The smallest absolute Gasteiger partial charge is 0.367 e. The first-order chi connectivity index (χ1) is 11.4. The van der Waals surface area contributed by atoms with Gasteiger partial charge in [0.1, 0.15) is 6.61 Å². The third-order valence-corrected chi connectivity index (χ3v) is 3.19. The molecule has 0 saturated carbocycles. The Labute approximate surface area is 137 Å². The standard InChI is InChI=1S/C16H18F3N3O2/c1-2-22-9-13(8-21-22)7-20-15(23)14-5-3-4-12(6-14)10-24-11-16(17,18)19/h3-6,8-9H,2,7,10-11H2,1H3,(H,20,23). The van der Waals surface area contributed by atoms with Gasteiger partial charge in [-0.05, 0) is 24.6 Å². The van der Waals surface area contributed by atoms with Crippen LogP contribution in [0.1, 0.15) is 28.4 Å². The van der Waals surface area contributed by atoms with Crippen molar-refractivity contribution >= 4 is 5.91 Å². The molecule has 0 aliphatic rings. The molecule has 1 amide bonds. The number of nitrogens with one attached hydrogen (secondary N) is 1. The zero-order chi connectivity index (χ0) is 17.6. The van der Waals surface area contributed by atoms with Crippen molar-refractivity contribution in [2.75, 3.05) is 6.61 Å². The van der Waals surface area contributed by atoms with E-state index in [1.807, 2.05) is 13.1 Å². The molecule has 0 bridgehead atoms. The number of aromatic nitrogens is 2. The molecule has 0 aliphatic heterocycles. The average molecular weight is 341 g/mol.